The summed E-state index contributed by atoms with van der Waals surface area (Å²) in [5, 5.41) is 2.79. The Balaban J connectivity index is 2.51. The Morgan fingerprint density at radius 3 is 2.83 bits per heavy atom. The van der Waals surface area contributed by atoms with Gasteiger partial charge in [0, 0.05) is 13.2 Å². The van der Waals surface area contributed by atoms with Crippen molar-refractivity contribution in [1.29, 1.82) is 0 Å². The second-order valence-corrected chi connectivity index (χ2v) is 3.63. The number of ether oxygens (including phenoxy) is 2. The first-order valence-corrected chi connectivity index (χ1v) is 6.07. The maximum atomic E-state index is 11.6. The summed E-state index contributed by atoms with van der Waals surface area (Å²) in [5.74, 6) is 0.542. The summed E-state index contributed by atoms with van der Waals surface area (Å²) in [7, 11) is 0. The van der Waals surface area contributed by atoms with Crippen molar-refractivity contribution in [2.24, 2.45) is 5.73 Å². The van der Waals surface area contributed by atoms with Gasteiger partial charge in [0.2, 0.25) is 5.91 Å². The molecule has 100 valence electrons. The van der Waals surface area contributed by atoms with Crippen LogP contribution in [0, 0.1) is 0 Å². The van der Waals surface area contributed by atoms with Gasteiger partial charge in [0.1, 0.15) is 12.4 Å². The minimum absolute atomic E-state index is 0.0905. The van der Waals surface area contributed by atoms with Crippen LogP contribution in [0.4, 0.5) is 5.69 Å². The molecule has 1 aromatic rings. The van der Waals surface area contributed by atoms with E-state index in [1.165, 1.54) is 0 Å². The minimum Gasteiger partial charge on any atom is -0.490 e. The molecule has 1 aromatic carbocycles. The molecule has 0 bridgehead atoms. The lowest BCUT2D eigenvalue weighted by Gasteiger charge is -2.11. The average molecular weight is 252 g/mol. The van der Waals surface area contributed by atoms with Crippen LogP contribution >= 0.6 is 0 Å². The van der Waals surface area contributed by atoms with Crippen LogP contribution in [0.2, 0.25) is 0 Å². The van der Waals surface area contributed by atoms with Gasteiger partial charge in [-0.3, -0.25) is 4.79 Å². The molecule has 0 aliphatic carbocycles. The zero-order valence-electron chi connectivity index (χ0n) is 10.6. The van der Waals surface area contributed by atoms with Crippen molar-refractivity contribution < 1.29 is 14.3 Å². The topological polar surface area (TPSA) is 73.6 Å². The molecule has 1 rings (SSSR count). The van der Waals surface area contributed by atoms with E-state index in [-0.39, 0.29) is 5.91 Å². The lowest BCUT2D eigenvalue weighted by atomic mass is 10.3. The predicted molar refractivity (Wildman–Crippen MR) is 70.7 cm³/mol. The molecule has 0 atom stereocenters. The maximum Gasteiger partial charge on any atom is 0.226 e. The highest BCUT2D eigenvalue weighted by molar-refractivity contribution is 5.92. The van der Waals surface area contributed by atoms with Gasteiger partial charge in [0.15, 0.2) is 0 Å². The molecule has 0 unspecified atom stereocenters. The third-order valence-corrected chi connectivity index (χ3v) is 2.21. The second kappa shape index (κ2) is 8.49. The Kier molecular flexibility index (Phi) is 6.83. The first kappa shape index (κ1) is 14.5. The van der Waals surface area contributed by atoms with Gasteiger partial charge in [-0.15, -0.1) is 0 Å². The standard InChI is InChI=1S/C13H20N2O3/c1-2-17-9-7-13(16)15-11-5-3-4-6-12(11)18-10-8-14/h3-6H,2,7-10,14H2,1H3,(H,15,16). The number of hydrogen-bond donors (Lipinski definition) is 2. The first-order chi connectivity index (χ1) is 8.77. The summed E-state index contributed by atoms with van der Waals surface area (Å²) in [6, 6.07) is 7.29. The highest BCUT2D eigenvalue weighted by atomic mass is 16.5. The summed E-state index contributed by atoms with van der Waals surface area (Å²) >= 11 is 0. The van der Waals surface area contributed by atoms with E-state index in [4.69, 9.17) is 15.2 Å². The van der Waals surface area contributed by atoms with E-state index in [1.807, 2.05) is 19.1 Å². The van der Waals surface area contributed by atoms with Crippen molar-refractivity contribution in [1.82, 2.24) is 0 Å². The van der Waals surface area contributed by atoms with Crippen molar-refractivity contribution >= 4 is 11.6 Å². The van der Waals surface area contributed by atoms with E-state index in [1.54, 1.807) is 12.1 Å². The SMILES string of the molecule is CCOCCC(=O)Nc1ccccc1OCCN. The van der Waals surface area contributed by atoms with Crippen LogP contribution < -0.4 is 15.8 Å². The number of para-hydroxylation sites is 2. The summed E-state index contributed by atoms with van der Waals surface area (Å²) in [5.41, 5.74) is 6.04. The normalized spacial score (nSPS) is 10.1. The third kappa shape index (κ3) is 5.16. The number of amides is 1. The van der Waals surface area contributed by atoms with Gasteiger partial charge in [-0.1, -0.05) is 12.1 Å². The Morgan fingerprint density at radius 1 is 1.33 bits per heavy atom. The quantitative estimate of drug-likeness (QED) is 0.686. The number of anilines is 1. The van der Waals surface area contributed by atoms with Gasteiger partial charge < -0.3 is 20.5 Å². The van der Waals surface area contributed by atoms with Crippen molar-refractivity contribution in [2.75, 3.05) is 31.7 Å². The molecule has 0 fully saturated rings. The second-order valence-electron chi connectivity index (χ2n) is 3.63. The molecule has 1 amide bonds. The van der Waals surface area contributed by atoms with Crippen LogP contribution in [-0.2, 0) is 9.53 Å². The molecule has 3 N–H and O–H groups in total. The molecular formula is C13H20N2O3. The molecule has 18 heavy (non-hydrogen) atoms. The first-order valence-electron chi connectivity index (χ1n) is 6.07. The fourth-order valence-electron chi connectivity index (χ4n) is 1.39. The highest BCUT2D eigenvalue weighted by Gasteiger charge is 2.07. The fourth-order valence-corrected chi connectivity index (χ4v) is 1.39. The molecule has 0 aliphatic heterocycles. The van der Waals surface area contributed by atoms with E-state index in [0.29, 0.717) is 44.2 Å². The van der Waals surface area contributed by atoms with Gasteiger partial charge >= 0.3 is 0 Å². The Morgan fingerprint density at radius 2 is 2.11 bits per heavy atom. The molecule has 0 aliphatic rings. The molecule has 0 radical (unpaired) electrons. The van der Waals surface area contributed by atoms with Crippen LogP contribution in [0.1, 0.15) is 13.3 Å². The van der Waals surface area contributed by atoms with Gasteiger partial charge in [-0.2, -0.15) is 0 Å². The molecule has 0 heterocycles. The van der Waals surface area contributed by atoms with E-state index >= 15 is 0 Å². The molecule has 0 aromatic heterocycles. The van der Waals surface area contributed by atoms with Crippen molar-refractivity contribution in [3.05, 3.63) is 24.3 Å². The number of hydrogen-bond acceptors (Lipinski definition) is 4. The monoisotopic (exact) mass is 252 g/mol. The van der Waals surface area contributed by atoms with Crippen molar-refractivity contribution in [3.63, 3.8) is 0 Å². The number of nitrogens with two attached hydrogens (primary N) is 1. The largest absolute Gasteiger partial charge is 0.490 e. The van der Waals surface area contributed by atoms with Gasteiger partial charge in [-0.05, 0) is 19.1 Å². The zero-order chi connectivity index (χ0) is 13.2. The van der Waals surface area contributed by atoms with Crippen molar-refractivity contribution in [2.45, 2.75) is 13.3 Å². The summed E-state index contributed by atoms with van der Waals surface area (Å²) in [6.07, 6.45) is 0.332. The van der Waals surface area contributed by atoms with Crippen LogP contribution in [-0.4, -0.2) is 32.3 Å². The lowest BCUT2D eigenvalue weighted by Crippen LogP contribution is -2.16. The van der Waals surface area contributed by atoms with Gasteiger partial charge in [0.05, 0.1) is 18.7 Å². The van der Waals surface area contributed by atoms with E-state index in [9.17, 15) is 4.79 Å². The number of nitrogens with one attached hydrogen (secondary N) is 1. The Labute approximate surface area is 107 Å². The summed E-state index contributed by atoms with van der Waals surface area (Å²) < 4.78 is 10.6. The van der Waals surface area contributed by atoms with Gasteiger partial charge in [0.25, 0.3) is 0 Å². The molecule has 5 nitrogen and oxygen atoms in total. The van der Waals surface area contributed by atoms with Crippen LogP contribution in [0.25, 0.3) is 0 Å². The number of carbonyl (C=O) groups is 1. The van der Waals surface area contributed by atoms with E-state index in [2.05, 4.69) is 5.32 Å². The number of benzene rings is 1. The van der Waals surface area contributed by atoms with E-state index < -0.39 is 0 Å². The average Bonchev–Trinajstić information content (AvgIpc) is 2.38. The highest BCUT2D eigenvalue weighted by Crippen LogP contribution is 2.23. The smallest absolute Gasteiger partial charge is 0.226 e. The molecule has 5 heteroatoms. The Bertz CT molecular complexity index is 369. The maximum absolute atomic E-state index is 11.6. The summed E-state index contributed by atoms with van der Waals surface area (Å²) in [4.78, 5) is 11.6. The van der Waals surface area contributed by atoms with Gasteiger partial charge in [-0.25, -0.2) is 0 Å². The molecule has 0 spiro atoms. The van der Waals surface area contributed by atoms with E-state index in [0.717, 1.165) is 0 Å². The van der Waals surface area contributed by atoms with Crippen LogP contribution in [0.3, 0.4) is 0 Å². The van der Waals surface area contributed by atoms with Crippen LogP contribution in [0.5, 0.6) is 5.75 Å². The molecular weight excluding hydrogens is 232 g/mol. The zero-order valence-corrected chi connectivity index (χ0v) is 10.6. The molecule has 0 saturated heterocycles. The van der Waals surface area contributed by atoms with Crippen molar-refractivity contribution in [3.8, 4) is 5.75 Å². The molecule has 0 saturated carbocycles. The lowest BCUT2D eigenvalue weighted by molar-refractivity contribution is -0.117. The minimum atomic E-state index is -0.0905. The third-order valence-electron chi connectivity index (χ3n) is 2.21. The number of rotatable bonds is 8. The summed E-state index contributed by atoms with van der Waals surface area (Å²) in [6.45, 7) is 3.80. The predicted octanol–water partition coefficient (Wildman–Crippen LogP) is 1.39. The van der Waals surface area contributed by atoms with Crippen LogP contribution in [0.15, 0.2) is 24.3 Å². The number of carbonyl (C=O) groups excluding carboxylic acids is 1. The Hall–Kier alpha value is -1.59. The fraction of sp³-hybridized carbons (Fsp3) is 0.462.